The minimum Gasteiger partial charge on any atom is -0.396 e. The molecule has 4 atom stereocenters. The zero-order valence-electron chi connectivity index (χ0n) is 18.0. The van der Waals surface area contributed by atoms with E-state index in [9.17, 15) is 9.90 Å². The first-order valence-corrected chi connectivity index (χ1v) is 11.3. The zero-order valence-corrected chi connectivity index (χ0v) is 18.8. The van der Waals surface area contributed by atoms with Gasteiger partial charge in [0.15, 0.2) is 5.79 Å². The van der Waals surface area contributed by atoms with Gasteiger partial charge in [0.05, 0.1) is 33.6 Å². The van der Waals surface area contributed by atoms with Crippen molar-refractivity contribution < 1.29 is 19.4 Å². The Kier molecular flexibility index (Phi) is 5.12. The number of primary amides is 1. The van der Waals surface area contributed by atoms with Crippen LogP contribution in [0, 0.1) is 12.8 Å². The van der Waals surface area contributed by atoms with E-state index in [4.69, 9.17) is 20.2 Å². The second kappa shape index (κ2) is 7.73. The van der Waals surface area contributed by atoms with Crippen molar-refractivity contribution in [3.05, 3.63) is 35.8 Å². The highest BCUT2D eigenvalue weighted by atomic mass is 32.1. The Balaban J connectivity index is 1.57. The minimum absolute atomic E-state index is 0.00114. The molecule has 168 valence electrons. The SMILES string of the molecule is Cc1nc(C(N)=O)nc(N[C@@H]2C[C@H](CO)[C@H]3OC(C)(C)O[C@H]32)c1-c1nc2ccccc2s1. The third-order valence-corrected chi connectivity index (χ3v) is 7.01. The molecule has 0 unspecified atom stereocenters. The molecule has 2 fully saturated rings. The van der Waals surface area contributed by atoms with Crippen molar-refractivity contribution >= 4 is 33.3 Å². The summed E-state index contributed by atoms with van der Waals surface area (Å²) >= 11 is 1.53. The van der Waals surface area contributed by atoms with Gasteiger partial charge in [-0.25, -0.2) is 15.0 Å². The van der Waals surface area contributed by atoms with Gasteiger partial charge in [-0.1, -0.05) is 12.1 Å². The molecular weight excluding hydrogens is 430 g/mol. The van der Waals surface area contributed by atoms with Crippen molar-refractivity contribution in [1.82, 2.24) is 15.0 Å². The van der Waals surface area contributed by atoms with E-state index >= 15 is 0 Å². The number of aliphatic hydroxyl groups is 1. The van der Waals surface area contributed by atoms with Crippen LogP contribution in [0.15, 0.2) is 24.3 Å². The number of benzene rings is 1. The van der Waals surface area contributed by atoms with Crippen LogP contribution in [0.3, 0.4) is 0 Å². The first-order valence-electron chi connectivity index (χ1n) is 10.5. The van der Waals surface area contributed by atoms with Gasteiger partial charge >= 0.3 is 0 Å². The number of rotatable bonds is 5. The van der Waals surface area contributed by atoms with Crippen molar-refractivity contribution in [3.63, 3.8) is 0 Å². The molecule has 2 aromatic heterocycles. The fourth-order valence-corrected chi connectivity index (χ4v) is 5.67. The molecule has 1 aromatic carbocycles. The molecule has 3 heterocycles. The smallest absolute Gasteiger partial charge is 0.286 e. The summed E-state index contributed by atoms with van der Waals surface area (Å²) < 4.78 is 13.2. The van der Waals surface area contributed by atoms with Crippen LogP contribution in [-0.4, -0.2) is 56.6 Å². The number of thiazole rings is 1. The molecule has 1 aliphatic carbocycles. The molecule has 1 amide bonds. The molecule has 0 spiro atoms. The van der Waals surface area contributed by atoms with E-state index in [-0.39, 0.29) is 36.6 Å². The number of nitrogens with one attached hydrogen (secondary N) is 1. The molecule has 10 heteroatoms. The van der Waals surface area contributed by atoms with Gasteiger partial charge in [-0.05, 0) is 39.3 Å². The number of nitrogens with zero attached hydrogens (tertiary/aromatic N) is 3. The van der Waals surface area contributed by atoms with E-state index in [1.165, 1.54) is 11.3 Å². The zero-order chi connectivity index (χ0) is 22.6. The quantitative estimate of drug-likeness (QED) is 0.534. The number of carbonyl (C=O) groups is 1. The molecule has 1 saturated carbocycles. The molecule has 2 aliphatic rings. The van der Waals surface area contributed by atoms with E-state index in [0.717, 1.165) is 20.8 Å². The van der Waals surface area contributed by atoms with E-state index in [2.05, 4.69) is 15.3 Å². The van der Waals surface area contributed by atoms with E-state index in [1.807, 2.05) is 45.0 Å². The van der Waals surface area contributed by atoms with Crippen molar-refractivity contribution in [2.24, 2.45) is 11.7 Å². The van der Waals surface area contributed by atoms with Crippen molar-refractivity contribution in [2.45, 2.75) is 51.2 Å². The lowest BCUT2D eigenvalue weighted by atomic mass is 10.1. The third-order valence-electron chi connectivity index (χ3n) is 5.96. The fourth-order valence-electron chi connectivity index (χ4n) is 4.61. The summed E-state index contributed by atoms with van der Waals surface area (Å²) in [4.78, 5) is 25.4. The Morgan fingerprint density at radius 2 is 2.00 bits per heavy atom. The standard InChI is InChI=1S/C22H25N5O4S/c1-10-15(21-26-12-6-4-5-7-14(12)32-21)19(27-20(24-10)18(23)29)25-13-8-11(9-28)16-17(13)31-22(2,3)30-16/h4-7,11,13,16-17,28H,8-9H2,1-3H3,(H2,23,29)(H,24,25,27)/t11-,13-,16-,17+/m1/s1. The van der Waals surface area contributed by atoms with Gasteiger partial charge in [0.1, 0.15) is 16.9 Å². The number of para-hydroxylation sites is 1. The minimum atomic E-state index is -0.737. The molecular formula is C22H25N5O4S. The number of aliphatic hydroxyl groups excluding tert-OH is 1. The number of aryl methyl sites for hydroxylation is 1. The highest BCUT2D eigenvalue weighted by Crippen LogP contribution is 2.43. The Labute approximate surface area is 189 Å². The summed E-state index contributed by atoms with van der Waals surface area (Å²) in [5, 5.41) is 14.1. The summed E-state index contributed by atoms with van der Waals surface area (Å²) in [6, 6.07) is 7.70. The number of carbonyl (C=O) groups excluding carboxylic acids is 1. The topological polar surface area (TPSA) is 132 Å². The second-order valence-corrected chi connectivity index (χ2v) is 9.73. The lowest BCUT2D eigenvalue weighted by molar-refractivity contribution is -0.158. The van der Waals surface area contributed by atoms with Crippen LogP contribution in [0.5, 0.6) is 0 Å². The largest absolute Gasteiger partial charge is 0.396 e. The van der Waals surface area contributed by atoms with Gasteiger partial charge in [-0.3, -0.25) is 4.79 Å². The number of amides is 1. The summed E-state index contributed by atoms with van der Waals surface area (Å²) in [6.45, 7) is 5.54. The number of nitrogens with two attached hydrogens (primary N) is 1. The van der Waals surface area contributed by atoms with Gasteiger partial charge in [-0.2, -0.15) is 0 Å². The van der Waals surface area contributed by atoms with E-state index in [1.54, 1.807) is 0 Å². The fraction of sp³-hybridized carbons (Fsp3) is 0.455. The summed E-state index contributed by atoms with van der Waals surface area (Å²) in [5.74, 6) is -1.10. The second-order valence-electron chi connectivity index (χ2n) is 8.70. The molecule has 4 N–H and O–H groups in total. The average molecular weight is 456 g/mol. The highest BCUT2D eigenvalue weighted by Gasteiger charge is 2.54. The highest BCUT2D eigenvalue weighted by molar-refractivity contribution is 7.21. The van der Waals surface area contributed by atoms with Crippen LogP contribution in [0.25, 0.3) is 20.8 Å². The Hall–Kier alpha value is -2.66. The van der Waals surface area contributed by atoms with E-state index < -0.39 is 11.7 Å². The predicted octanol–water partition coefficient (Wildman–Crippen LogP) is 2.47. The number of hydrogen-bond donors (Lipinski definition) is 3. The number of hydrogen-bond acceptors (Lipinski definition) is 9. The normalized spacial score (nSPS) is 26.4. The lowest BCUT2D eigenvalue weighted by Gasteiger charge is -2.24. The lowest BCUT2D eigenvalue weighted by Crippen LogP contribution is -2.35. The van der Waals surface area contributed by atoms with Crippen molar-refractivity contribution in [3.8, 4) is 10.6 Å². The van der Waals surface area contributed by atoms with Crippen LogP contribution in [0.1, 0.15) is 36.6 Å². The van der Waals surface area contributed by atoms with Gasteiger partial charge in [-0.15, -0.1) is 11.3 Å². The maximum absolute atomic E-state index is 11.9. The Bertz CT molecular complexity index is 1160. The molecule has 9 nitrogen and oxygen atoms in total. The van der Waals surface area contributed by atoms with Gasteiger partial charge in [0.25, 0.3) is 5.91 Å². The van der Waals surface area contributed by atoms with Gasteiger partial charge < -0.3 is 25.6 Å². The van der Waals surface area contributed by atoms with Crippen LogP contribution >= 0.6 is 11.3 Å². The Morgan fingerprint density at radius 1 is 1.25 bits per heavy atom. The van der Waals surface area contributed by atoms with E-state index in [0.29, 0.717) is 17.9 Å². The van der Waals surface area contributed by atoms with Crippen LogP contribution in [-0.2, 0) is 9.47 Å². The van der Waals surface area contributed by atoms with Crippen LogP contribution < -0.4 is 11.1 Å². The number of anilines is 1. The molecule has 0 bridgehead atoms. The molecule has 3 aromatic rings. The average Bonchev–Trinajstić information content (AvgIpc) is 3.38. The first-order chi connectivity index (χ1) is 15.3. The maximum Gasteiger partial charge on any atom is 0.286 e. The molecule has 1 saturated heterocycles. The number of fused-ring (bicyclic) bond motifs is 2. The molecule has 1 aliphatic heterocycles. The van der Waals surface area contributed by atoms with Crippen molar-refractivity contribution in [1.29, 1.82) is 0 Å². The van der Waals surface area contributed by atoms with Crippen molar-refractivity contribution in [2.75, 3.05) is 11.9 Å². The van der Waals surface area contributed by atoms with Crippen LogP contribution in [0.2, 0.25) is 0 Å². The summed E-state index contributed by atoms with van der Waals surface area (Å²) in [7, 11) is 0. The maximum atomic E-state index is 11.9. The van der Waals surface area contributed by atoms with Crippen LogP contribution in [0.4, 0.5) is 5.82 Å². The monoisotopic (exact) mass is 455 g/mol. The summed E-state index contributed by atoms with van der Waals surface area (Å²) in [6.07, 6.45) is 0.144. The third kappa shape index (κ3) is 3.62. The first kappa shape index (κ1) is 21.2. The number of ether oxygens (including phenoxy) is 2. The predicted molar refractivity (Wildman–Crippen MR) is 120 cm³/mol. The van der Waals surface area contributed by atoms with Gasteiger partial charge in [0, 0.05) is 12.5 Å². The van der Waals surface area contributed by atoms with Gasteiger partial charge in [0.2, 0.25) is 5.82 Å². The number of aromatic nitrogens is 3. The molecule has 32 heavy (non-hydrogen) atoms. The molecule has 5 rings (SSSR count). The summed E-state index contributed by atoms with van der Waals surface area (Å²) in [5.41, 5.74) is 7.70. The Morgan fingerprint density at radius 3 is 2.72 bits per heavy atom. The molecule has 0 radical (unpaired) electrons.